The molecule has 0 fully saturated rings. The molecule has 1 N–H and O–H groups in total. The molecule has 2 aromatic heterocycles. The summed E-state index contributed by atoms with van der Waals surface area (Å²) in [6.07, 6.45) is 3.06. The number of nitrogens with zero attached hydrogens (tertiary/aromatic N) is 3. The minimum absolute atomic E-state index is 0.0106. The smallest absolute Gasteiger partial charge is 0.265 e. The van der Waals surface area contributed by atoms with Crippen molar-refractivity contribution in [2.45, 2.75) is 44.2 Å². The molecular weight excluding hydrogens is 629 g/mol. The van der Waals surface area contributed by atoms with Gasteiger partial charge in [-0.25, -0.2) is 18.4 Å². The van der Waals surface area contributed by atoms with Crippen molar-refractivity contribution in [3.63, 3.8) is 0 Å². The van der Waals surface area contributed by atoms with Gasteiger partial charge in [0.15, 0.2) is 0 Å². The highest BCUT2D eigenvalue weighted by Crippen LogP contribution is 2.37. The summed E-state index contributed by atoms with van der Waals surface area (Å²) in [6.45, 7) is 8.99. The first-order valence-electron chi connectivity index (χ1n) is 15.3. The number of sulfonamides is 1. The highest BCUT2D eigenvalue weighted by molar-refractivity contribution is 7.93. The van der Waals surface area contributed by atoms with Gasteiger partial charge in [0.05, 0.1) is 44.5 Å². The summed E-state index contributed by atoms with van der Waals surface area (Å²) in [5.41, 5.74) is 1.97. The molecule has 0 atom stereocenters. The fourth-order valence-electron chi connectivity index (χ4n) is 5.75. The first-order chi connectivity index (χ1) is 22.6. The van der Waals surface area contributed by atoms with Crippen LogP contribution in [0.1, 0.15) is 32.0 Å². The summed E-state index contributed by atoms with van der Waals surface area (Å²) in [4.78, 5) is 13.0. The highest BCUT2D eigenvalue weighted by atomic mass is 32.2. The molecule has 0 aliphatic carbocycles. The van der Waals surface area contributed by atoms with Gasteiger partial charge in [-0.15, -0.1) is 0 Å². The molecule has 0 saturated carbocycles. The molecule has 9 nitrogen and oxygen atoms in total. The minimum atomic E-state index is -4.22. The predicted octanol–water partition coefficient (Wildman–Crippen LogP) is 5.75. The molecule has 0 aliphatic rings. The number of pyridine rings is 1. The van der Waals surface area contributed by atoms with Gasteiger partial charge in [-0.1, -0.05) is 112 Å². The van der Waals surface area contributed by atoms with Crippen LogP contribution in [0.2, 0.25) is 5.04 Å². The minimum Gasteiger partial charge on any atom is -0.478 e. The van der Waals surface area contributed by atoms with Crippen LogP contribution in [0.5, 0.6) is 5.88 Å². The summed E-state index contributed by atoms with van der Waals surface area (Å²) in [7, 11) is -5.56. The lowest BCUT2D eigenvalue weighted by atomic mass is 10.1. The van der Waals surface area contributed by atoms with E-state index < -0.39 is 18.3 Å². The molecule has 47 heavy (non-hydrogen) atoms. The average Bonchev–Trinajstić information content (AvgIpc) is 3.07. The van der Waals surface area contributed by atoms with Crippen LogP contribution in [0.25, 0.3) is 11.3 Å². The third-order valence-electron chi connectivity index (χ3n) is 7.81. The van der Waals surface area contributed by atoms with Gasteiger partial charge in [-0.05, 0) is 28.4 Å². The van der Waals surface area contributed by atoms with E-state index in [4.69, 9.17) is 13.9 Å². The number of nitrogens with one attached hydrogen (secondary N) is 1. The SMILES string of the molecule is COc1nc(C)cnc1NS(=O)(=O)c1c(COCCO[Si](c2ccccc2)(c2ccccc2)C(C)(C)C)ccnc1-c1ccccc1. The van der Waals surface area contributed by atoms with Crippen molar-refractivity contribution < 1.29 is 22.3 Å². The number of anilines is 1. The normalized spacial score (nSPS) is 12.1. The van der Waals surface area contributed by atoms with E-state index in [1.165, 1.54) is 23.7 Å². The van der Waals surface area contributed by atoms with Crippen LogP contribution < -0.4 is 19.8 Å². The maximum atomic E-state index is 14.1. The van der Waals surface area contributed by atoms with Crippen molar-refractivity contribution in [1.82, 2.24) is 15.0 Å². The molecule has 3 aromatic carbocycles. The zero-order valence-electron chi connectivity index (χ0n) is 27.3. The van der Waals surface area contributed by atoms with Gasteiger partial charge < -0.3 is 13.9 Å². The Kier molecular flexibility index (Phi) is 10.5. The molecule has 0 aliphatic heterocycles. The van der Waals surface area contributed by atoms with Crippen molar-refractivity contribution in [3.8, 4) is 17.1 Å². The van der Waals surface area contributed by atoms with Gasteiger partial charge in [0.25, 0.3) is 24.2 Å². The van der Waals surface area contributed by atoms with E-state index in [0.717, 1.165) is 0 Å². The highest BCUT2D eigenvalue weighted by Gasteiger charge is 2.50. The number of hydrogen-bond acceptors (Lipinski definition) is 8. The van der Waals surface area contributed by atoms with Crippen molar-refractivity contribution >= 4 is 34.5 Å². The molecule has 11 heteroatoms. The largest absolute Gasteiger partial charge is 0.478 e. The second kappa shape index (κ2) is 14.6. The molecule has 0 bridgehead atoms. The molecule has 0 spiro atoms. The van der Waals surface area contributed by atoms with E-state index >= 15 is 0 Å². The van der Waals surface area contributed by atoms with Gasteiger partial charge >= 0.3 is 0 Å². The maximum Gasteiger partial charge on any atom is 0.265 e. The summed E-state index contributed by atoms with van der Waals surface area (Å²) in [5, 5.41) is 2.17. The monoisotopic (exact) mass is 668 g/mol. The quantitative estimate of drug-likeness (QED) is 0.125. The number of aromatic nitrogens is 3. The predicted molar refractivity (Wildman–Crippen MR) is 187 cm³/mol. The van der Waals surface area contributed by atoms with E-state index in [9.17, 15) is 8.42 Å². The molecule has 0 radical (unpaired) electrons. The summed E-state index contributed by atoms with van der Waals surface area (Å²) < 4.78 is 49.1. The van der Waals surface area contributed by atoms with Crippen LogP contribution >= 0.6 is 0 Å². The van der Waals surface area contributed by atoms with E-state index in [1.807, 2.05) is 66.7 Å². The van der Waals surface area contributed by atoms with E-state index in [2.05, 4.69) is 64.7 Å². The second-order valence-corrected chi connectivity index (χ2v) is 18.0. The number of benzene rings is 3. The van der Waals surface area contributed by atoms with Crippen LogP contribution in [0.15, 0.2) is 114 Å². The van der Waals surface area contributed by atoms with Gasteiger partial charge in [-0.3, -0.25) is 9.71 Å². The average molecular weight is 669 g/mol. The van der Waals surface area contributed by atoms with E-state index in [-0.39, 0.29) is 34.8 Å². The first kappa shape index (κ1) is 33.9. The fraction of sp³-hybridized carbons (Fsp3) is 0.250. The fourth-order valence-corrected chi connectivity index (χ4v) is 11.7. The van der Waals surface area contributed by atoms with Crippen molar-refractivity contribution in [2.24, 2.45) is 0 Å². The van der Waals surface area contributed by atoms with Crippen LogP contribution in [-0.4, -0.2) is 52.0 Å². The zero-order valence-corrected chi connectivity index (χ0v) is 29.1. The molecule has 0 amide bonds. The third kappa shape index (κ3) is 7.44. The molecular formula is C36H40N4O5SSi. The lowest BCUT2D eigenvalue weighted by Gasteiger charge is -2.43. The van der Waals surface area contributed by atoms with E-state index in [1.54, 1.807) is 19.2 Å². The molecule has 244 valence electrons. The Morgan fingerprint density at radius 3 is 1.98 bits per heavy atom. The molecule has 5 aromatic rings. The van der Waals surface area contributed by atoms with Crippen LogP contribution in [-0.2, 0) is 25.8 Å². The molecule has 0 unspecified atom stereocenters. The number of aryl methyl sites for hydroxylation is 1. The van der Waals surface area contributed by atoms with Gasteiger partial charge in [0.1, 0.15) is 4.90 Å². The van der Waals surface area contributed by atoms with Crippen LogP contribution in [0.4, 0.5) is 5.82 Å². The number of hydrogen-bond donors (Lipinski definition) is 1. The Morgan fingerprint density at radius 2 is 1.40 bits per heavy atom. The Balaban J connectivity index is 1.43. The Bertz CT molecular complexity index is 1850. The Morgan fingerprint density at radius 1 is 0.809 bits per heavy atom. The third-order valence-corrected chi connectivity index (χ3v) is 14.3. The molecule has 0 saturated heterocycles. The summed E-state index contributed by atoms with van der Waals surface area (Å²) in [6, 6.07) is 31.6. The van der Waals surface area contributed by atoms with Crippen LogP contribution in [0.3, 0.4) is 0 Å². The van der Waals surface area contributed by atoms with Gasteiger partial charge in [0, 0.05) is 17.3 Å². The van der Waals surface area contributed by atoms with Crippen molar-refractivity contribution in [2.75, 3.05) is 25.0 Å². The standard InChI is InChI=1S/C36H40N4O5SSi/c1-27-25-38-34(35(39-27)43-5)40-46(41,42)33-29(21-22-37-32(33)28-15-9-6-10-16-28)26-44-23-24-45-47(36(2,3)4,30-17-11-7-12-18-30)31-19-13-8-14-20-31/h6-22,25H,23-24,26H2,1-5H3,(H,38,40). The number of ether oxygens (including phenoxy) is 2. The second-order valence-electron chi connectivity index (χ2n) is 12.1. The summed E-state index contributed by atoms with van der Waals surface area (Å²) in [5.74, 6) is 0.0449. The topological polar surface area (TPSA) is 113 Å². The number of methoxy groups -OCH3 is 1. The van der Waals surface area contributed by atoms with Gasteiger partial charge in [-0.2, -0.15) is 0 Å². The van der Waals surface area contributed by atoms with Gasteiger partial charge in [0.2, 0.25) is 5.82 Å². The number of rotatable bonds is 13. The molecule has 5 rings (SSSR count). The van der Waals surface area contributed by atoms with Crippen molar-refractivity contribution in [1.29, 1.82) is 0 Å². The first-order valence-corrected chi connectivity index (χ1v) is 18.7. The maximum absolute atomic E-state index is 14.1. The van der Waals surface area contributed by atoms with Crippen LogP contribution in [0, 0.1) is 6.92 Å². The lowest BCUT2D eigenvalue weighted by Crippen LogP contribution is -2.66. The summed E-state index contributed by atoms with van der Waals surface area (Å²) >= 11 is 0. The van der Waals surface area contributed by atoms with Crippen molar-refractivity contribution in [3.05, 3.63) is 121 Å². The van der Waals surface area contributed by atoms with E-state index in [0.29, 0.717) is 29.1 Å². The Hall–Kier alpha value is -4.42. The zero-order chi connectivity index (χ0) is 33.5. The molecule has 2 heterocycles. The lowest BCUT2D eigenvalue weighted by molar-refractivity contribution is 0.0847. The Labute approximate surface area is 278 Å².